The van der Waals surface area contributed by atoms with Crippen LogP contribution in [0.15, 0.2) is 66.9 Å². The van der Waals surface area contributed by atoms with Gasteiger partial charge in [0.05, 0.1) is 17.8 Å². The minimum Gasteiger partial charge on any atom is -0.338 e. The average Bonchev–Trinajstić information content (AvgIpc) is 2.94. The van der Waals surface area contributed by atoms with Crippen LogP contribution in [0.3, 0.4) is 0 Å². The minimum absolute atomic E-state index is 0.179. The van der Waals surface area contributed by atoms with Gasteiger partial charge in [0.15, 0.2) is 0 Å². The van der Waals surface area contributed by atoms with Crippen molar-refractivity contribution in [2.45, 2.75) is 20.4 Å². The second kappa shape index (κ2) is 7.20. The molecule has 0 aliphatic rings. The number of hydrogen-bond donors (Lipinski definition) is 0. The molecule has 2 nitrogen and oxygen atoms in total. The number of aromatic nitrogens is 2. The Kier molecular flexibility index (Phi) is 4.59. The highest BCUT2D eigenvalue weighted by Crippen LogP contribution is 2.29. The van der Waals surface area contributed by atoms with Crippen molar-refractivity contribution >= 4 is 23.1 Å². The predicted octanol–water partition coefficient (Wildman–Crippen LogP) is 6.01. The van der Waals surface area contributed by atoms with Crippen LogP contribution in [0, 0.1) is 19.7 Å². The van der Waals surface area contributed by atoms with Gasteiger partial charge in [-0.25, -0.2) is 4.39 Å². The van der Waals surface area contributed by atoms with Crippen LogP contribution in [0.5, 0.6) is 0 Å². The van der Waals surface area contributed by atoms with Gasteiger partial charge in [-0.1, -0.05) is 54.6 Å². The highest BCUT2D eigenvalue weighted by atomic mass is 19.1. The van der Waals surface area contributed by atoms with Crippen LogP contribution in [-0.2, 0) is 6.54 Å². The number of benzene rings is 2. The van der Waals surface area contributed by atoms with E-state index in [4.69, 9.17) is 0 Å². The smallest absolute Gasteiger partial charge is 0.128 e. The molecule has 0 saturated heterocycles. The zero-order valence-corrected chi connectivity index (χ0v) is 15.5. The molecule has 0 spiro atoms. The van der Waals surface area contributed by atoms with Crippen LogP contribution < -0.4 is 0 Å². The second-order valence-electron chi connectivity index (χ2n) is 6.72. The lowest BCUT2D eigenvalue weighted by molar-refractivity contribution is 0.600. The van der Waals surface area contributed by atoms with E-state index >= 15 is 0 Å². The van der Waals surface area contributed by atoms with Crippen LogP contribution in [0.2, 0.25) is 0 Å². The van der Waals surface area contributed by atoms with E-state index in [1.807, 2.05) is 48.7 Å². The fourth-order valence-corrected chi connectivity index (χ4v) is 3.48. The summed E-state index contributed by atoms with van der Waals surface area (Å²) in [6, 6.07) is 19.1. The first-order valence-electron chi connectivity index (χ1n) is 9.06. The van der Waals surface area contributed by atoms with Gasteiger partial charge in [-0.2, -0.15) is 0 Å². The highest BCUT2D eigenvalue weighted by molar-refractivity contribution is 5.92. The number of hydrogen-bond acceptors (Lipinski definition) is 1. The molecule has 0 saturated carbocycles. The van der Waals surface area contributed by atoms with Gasteiger partial charge in [0.2, 0.25) is 0 Å². The number of rotatable bonds is 4. The van der Waals surface area contributed by atoms with Gasteiger partial charge in [0.1, 0.15) is 5.82 Å². The van der Waals surface area contributed by atoms with Crippen LogP contribution >= 0.6 is 0 Å². The maximum absolute atomic E-state index is 14.2. The lowest BCUT2D eigenvalue weighted by Crippen LogP contribution is -2.05. The molecule has 0 unspecified atom stereocenters. The summed E-state index contributed by atoms with van der Waals surface area (Å²) in [6.07, 6.45) is 5.94. The number of halogens is 1. The Morgan fingerprint density at radius 1 is 0.926 bits per heavy atom. The van der Waals surface area contributed by atoms with Gasteiger partial charge in [-0.15, -0.1) is 0 Å². The zero-order chi connectivity index (χ0) is 18.8. The lowest BCUT2D eigenvalue weighted by atomic mass is 10.1. The van der Waals surface area contributed by atoms with Crippen molar-refractivity contribution in [1.29, 1.82) is 0 Å². The van der Waals surface area contributed by atoms with Crippen molar-refractivity contribution in [3.8, 4) is 0 Å². The Bertz CT molecular complexity index is 1120. The van der Waals surface area contributed by atoms with Crippen LogP contribution in [0.25, 0.3) is 23.1 Å². The van der Waals surface area contributed by atoms with E-state index in [0.29, 0.717) is 12.1 Å². The van der Waals surface area contributed by atoms with Crippen molar-refractivity contribution in [2.75, 3.05) is 0 Å². The molecule has 0 N–H and O–H groups in total. The van der Waals surface area contributed by atoms with E-state index in [0.717, 1.165) is 27.9 Å². The Hall–Kier alpha value is -3.20. The van der Waals surface area contributed by atoms with E-state index in [2.05, 4.69) is 41.6 Å². The lowest BCUT2D eigenvalue weighted by Gasteiger charge is -2.11. The zero-order valence-electron chi connectivity index (χ0n) is 15.5. The van der Waals surface area contributed by atoms with Gasteiger partial charge in [-0.3, -0.25) is 4.98 Å². The molecule has 0 aliphatic carbocycles. The molecule has 0 aliphatic heterocycles. The number of fused-ring (bicyclic) bond motifs is 1. The number of aryl methyl sites for hydroxylation is 1. The molecule has 0 amide bonds. The molecular weight excluding hydrogens is 335 g/mol. The van der Waals surface area contributed by atoms with E-state index in [1.54, 1.807) is 6.07 Å². The third-order valence-corrected chi connectivity index (χ3v) is 5.09. The van der Waals surface area contributed by atoms with Gasteiger partial charge < -0.3 is 4.57 Å². The maximum Gasteiger partial charge on any atom is 0.128 e. The van der Waals surface area contributed by atoms with Crippen molar-refractivity contribution in [2.24, 2.45) is 0 Å². The van der Waals surface area contributed by atoms with Gasteiger partial charge in [0.25, 0.3) is 0 Å². The monoisotopic (exact) mass is 356 g/mol. The average molecular weight is 356 g/mol. The summed E-state index contributed by atoms with van der Waals surface area (Å²) in [5.74, 6) is -0.179. The first-order valence-corrected chi connectivity index (χ1v) is 9.06. The summed E-state index contributed by atoms with van der Waals surface area (Å²) in [5, 5.41) is 1.16. The fourth-order valence-electron chi connectivity index (χ4n) is 3.48. The van der Waals surface area contributed by atoms with E-state index in [9.17, 15) is 4.39 Å². The largest absolute Gasteiger partial charge is 0.338 e. The summed E-state index contributed by atoms with van der Waals surface area (Å²) in [4.78, 5) is 4.60. The molecule has 2 heterocycles. The highest BCUT2D eigenvalue weighted by Gasteiger charge is 2.15. The SMILES string of the molecule is Cc1c(C)n(Cc2ccccc2F)c2c(C=Cc3ccccc3)nccc12. The Morgan fingerprint density at radius 3 is 2.44 bits per heavy atom. The quantitative estimate of drug-likeness (QED) is 0.438. The van der Waals surface area contributed by atoms with Crippen molar-refractivity contribution in [3.63, 3.8) is 0 Å². The molecular formula is C24H21FN2. The molecule has 0 fully saturated rings. The first kappa shape index (κ1) is 17.2. The summed E-state index contributed by atoms with van der Waals surface area (Å²) in [6.45, 7) is 4.68. The van der Waals surface area contributed by atoms with Crippen molar-refractivity contribution in [1.82, 2.24) is 9.55 Å². The summed E-state index contributed by atoms with van der Waals surface area (Å²) < 4.78 is 16.4. The molecule has 4 rings (SSSR count). The van der Waals surface area contributed by atoms with Gasteiger partial charge >= 0.3 is 0 Å². The Balaban J connectivity index is 1.85. The summed E-state index contributed by atoms with van der Waals surface area (Å²) in [7, 11) is 0. The second-order valence-corrected chi connectivity index (χ2v) is 6.72. The summed E-state index contributed by atoms with van der Waals surface area (Å²) in [5.41, 5.74) is 6.08. The fraction of sp³-hybridized carbons (Fsp3) is 0.125. The topological polar surface area (TPSA) is 17.8 Å². The van der Waals surface area contributed by atoms with Crippen molar-refractivity contribution in [3.05, 3.63) is 101 Å². The number of nitrogens with zero attached hydrogens (tertiary/aromatic N) is 2. The predicted molar refractivity (Wildman–Crippen MR) is 110 cm³/mol. The molecule has 27 heavy (non-hydrogen) atoms. The third kappa shape index (κ3) is 3.28. The van der Waals surface area contributed by atoms with Crippen molar-refractivity contribution < 1.29 is 4.39 Å². The molecule has 0 atom stereocenters. The Labute approximate surface area is 158 Å². The van der Waals surface area contributed by atoms with Crippen LogP contribution in [-0.4, -0.2) is 9.55 Å². The molecule has 2 aromatic heterocycles. The molecule has 0 bridgehead atoms. The molecule has 3 heteroatoms. The molecule has 4 aromatic rings. The molecule has 2 aromatic carbocycles. The van der Waals surface area contributed by atoms with E-state index < -0.39 is 0 Å². The van der Waals surface area contributed by atoms with Crippen LogP contribution in [0.1, 0.15) is 28.1 Å². The van der Waals surface area contributed by atoms with E-state index in [-0.39, 0.29) is 5.82 Å². The molecule has 0 radical (unpaired) electrons. The van der Waals surface area contributed by atoms with Crippen LogP contribution in [0.4, 0.5) is 4.39 Å². The maximum atomic E-state index is 14.2. The Morgan fingerprint density at radius 2 is 1.67 bits per heavy atom. The van der Waals surface area contributed by atoms with E-state index in [1.165, 1.54) is 11.6 Å². The minimum atomic E-state index is -0.179. The van der Waals surface area contributed by atoms with Gasteiger partial charge in [0, 0.05) is 22.8 Å². The van der Waals surface area contributed by atoms with Gasteiger partial charge in [-0.05, 0) is 43.2 Å². The standard InChI is InChI=1S/C24H21FN2/c1-17-18(2)27(16-20-10-6-7-11-22(20)25)24-21(17)14-15-26-23(24)13-12-19-8-4-3-5-9-19/h3-15H,16H2,1-2H3. The first-order chi connectivity index (χ1) is 13.1. The summed E-state index contributed by atoms with van der Waals surface area (Å²) >= 11 is 0. The number of pyridine rings is 1. The normalized spacial score (nSPS) is 11.5. The third-order valence-electron chi connectivity index (χ3n) is 5.09. The molecule has 134 valence electrons.